The van der Waals surface area contributed by atoms with Gasteiger partial charge in [-0.05, 0) is 39.7 Å². The molecule has 2 N–H and O–H groups in total. The molecule has 0 saturated heterocycles. The number of aromatic amines is 1. The van der Waals surface area contributed by atoms with E-state index in [0.717, 1.165) is 0 Å². The maximum atomic E-state index is 13.4. The lowest BCUT2D eigenvalue weighted by atomic mass is 10.2. The van der Waals surface area contributed by atoms with Crippen molar-refractivity contribution in [2.24, 2.45) is 0 Å². The molecule has 1 amide bonds. The third-order valence-corrected chi connectivity index (χ3v) is 3.45. The van der Waals surface area contributed by atoms with Crippen molar-refractivity contribution in [1.82, 2.24) is 10.3 Å². The molecule has 5 nitrogen and oxygen atoms in total. The molecule has 0 aliphatic carbocycles. The van der Waals surface area contributed by atoms with Gasteiger partial charge >= 0.3 is 0 Å². The van der Waals surface area contributed by atoms with E-state index in [2.05, 4.69) is 26.2 Å². The summed E-state index contributed by atoms with van der Waals surface area (Å²) in [4.78, 5) is 26.2. The number of nitrogens with one attached hydrogen (secondary N) is 2. The average molecular weight is 355 g/mol. The van der Waals surface area contributed by atoms with Gasteiger partial charge in [0.05, 0.1) is 11.6 Å². The van der Waals surface area contributed by atoms with E-state index in [9.17, 15) is 14.0 Å². The predicted molar refractivity (Wildman–Crippen MR) is 78.9 cm³/mol. The molecule has 2 aromatic rings. The highest BCUT2D eigenvalue weighted by Crippen LogP contribution is 2.17. The zero-order valence-corrected chi connectivity index (χ0v) is 12.7. The molecule has 0 fully saturated rings. The summed E-state index contributed by atoms with van der Waals surface area (Å²) in [5.74, 6) is -0.827. The minimum Gasteiger partial charge on any atom is -0.496 e. The highest BCUT2D eigenvalue weighted by molar-refractivity contribution is 9.10. The number of amides is 1. The Morgan fingerprint density at radius 1 is 1.43 bits per heavy atom. The van der Waals surface area contributed by atoms with Gasteiger partial charge in [0.1, 0.15) is 17.1 Å². The van der Waals surface area contributed by atoms with E-state index < -0.39 is 17.3 Å². The number of methoxy groups -OCH3 is 1. The number of halogens is 2. The van der Waals surface area contributed by atoms with Crippen molar-refractivity contribution in [1.29, 1.82) is 0 Å². The summed E-state index contributed by atoms with van der Waals surface area (Å²) < 4.78 is 18.7. The first-order chi connectivity index (χ1) is 10.0. The van der Waals surface area contributed by atoms with Crippen LogP contribution in [-0.4, -0.2) is 18.0 Å². The van der Waals surface area contributed by atoms with Gasteiger partial charge in [0.25, 0.3) is 11.5 Å². The fourth-order valence-electron chi connectivity index (χ4n) is 1.77. The fourth-order valence-corrected chi connectivity index (χ4v) is 2.01. The largest absolute Gasteiger partial charge is 0.496 e. The summed E-state index contributed by atoms with van der Waals surface area (Å²) in [5, 5.41) is 2.56. The normalized spacial score (nSPS) is 10.2. The topological polar surface area (TPSA) is 71.2 Å². The first-order valence-corrected chi connectivity index (χ1v) is 6.80. The summed E-state index contributed by atoms with van der Waals surface area (Å²) in [5.41, 5.74) is -0.0817. The number of hydrogen-bond donors (Lipinski definition) is 2. The van der Waals surface area contributed by atoms with Gasteiger partial charge in [-0.2, -0.15) is 0 Å². The van der Waals surface area contributed by atoms with E-state index in [4.69, 9.17) is 4.74 Å². The monoisotopic (exact) mass is 354 g/mol. The van der Waals surface area contributed by atoms with Crippen LogP contribution in [0, 0.1) is 5.82 Å². The lowest BCUT2D eigenvalue weighted by Gasteiger charge is -2.08. The van der Waals surface area contributed by atoms with Gasteiger partial charge in [0.15, 0.2) is 0 Å². The van der Waals surface area contributed by atoms with E-state index >= 15 is 0 Å². The Balaban J connectivity index is 2.15. The van der Waals surface area contributed by atoms with Gasteiger partial charge in [-0.3, -0.25) is 9.59 Å². The van der Waals surface area contributed by atoms with Crippen molar-refractivity contribution in [2.75, 3.05) is 7.11 Å². The molecule has 0 radical (unpaired) electrons. The highest BCUT2D eigenvalue weighted by Gasteiger charge is 2.16. The lowest BCUT2D eigenvalue weighted by molar-refractivity contribution is 0.0946. The molecule has 110 valence electrons. The first-order valence-electron chi connectivity index (χ1n) is 6.00. The second-order valence-electron chi connectivity index (χ2n) is 4.18. The third-order valence-electron chi connectivity index (χ3n) is 2.81. The van der Waals surface area contributed by atoms with E-state index in [1.54, 1.807) is 12.1 Å². The van der Waals surface area contributed by atoms with Crippen LogP contribution in [0.1, 0.15) is 15.9 Å². The van der Waals surface area contributed by atoms with Crippen molar-refractivity contribution in [3.63, 3.8) is 0 Å². The van der Waals surface area contributed by atoms with E-state index in [1.807, 2.05) is 0 Å². The third kappa shape index (κ3) is 3.49. The second kappa shape index (κ2) is 6.53. The molecule has 1 heterocycles. The van der Waals surface area contributed by atoms with Crippen LogP contribution in [-0.2, 0) is 6.54 Å². The predicted octanol–water partition coefficient (Wildman–Crippen LogP) is 2.22. The average Bonchev–Trinajstić information content (AvgIpc) is 2.47. The number of H-pyrrole nitrogens is 1. The molecule has 0 saturated carbocycles. The summed E-state index contributed by atoms with van der Waals surface area (Å²) in [6.07, 6.45) is 1.39. The standard InChI is InChI=1S/C14H12BrFN2O3/c1-21-11-4-5-17-13(19)12(11)14(20)18-7-8-2-3-9(15)10(16)6-8/h2-6H,7H2,1H3,(H,17,19)(H,18,20). The van der Waals surface area contributed by atoms with Gasteiger partial charge in [-0.25, -0.2) is 4.39 Å². The van der Waals surface area contributed by atoms with Crippen LogP contribution in [0.4, 0.5) is 4.39 Å². The van der Waals surface area contributed by atoms with Gasteiger partial charge in [0.2, 0.25) is 0 Å². The molecular weight excluding hydrogens is 343 g/mol. The van der Waals surface area contributed by atoms with Gasteiger partial charge in [-0.1, -0.05) is 6.07 Å². The Bertz CT molecular complexity index is 730. The number of ether oxygens (including phenoxy) is 1. The molecule has 0 aliphatic rings. The summed E-state index contributed by atoms with van der Waals surface area (Å²) in [7, 11) is 1.37. The second-order valence-corrected chi connectivity index (χ2v) is 5.04. The van der Waals surface area contributed by atoms with Crippen molar-refractivity contribution in [2.45, 2.75) is 6.54 Å². The number of hydrogen-bond acceptors (Lipinski definition) is 3. The number of carbonyl (C=O) groups is 1. The SMILES string of the molecule is COc1cc[nH]c(=O)c1C(=O)NCc1ccc(Br)c(F)c1. The van der Waals surface area contributed by atoms with Gasteiger partial charge in [0, 0.05) is 12.7 Å². The van der Waals surface area contributed by atoms with Crippen molar-refractivity contribution < 1.29 is 13.9 Å². The van der Waals surface area contributed by atoms with Gasteiger partial charge in [-0.15, -0.1) is 0 Å². The maximum Gasteiger partial charge on any atom is 0.264 e. The molecule has 0 unspecified atom stereocenters. The molecule has 0 aliphatic heterocycles. The van der Waals surface area contributed by atoms with E-state index in [-0.39, 0.29) is 17.9 Å². The summed E-state index contributed by atoms with van der Waals surface area (Å²) >= 11 is 3.05. The molecule has 2 rings (SSSR count). The van der Waals surface area contributed by atoms with Gasteiger partial charge < -0.3 is 15.0 Å². The van der Waals surface area contributed by atoms with Crippen LogP contribution in [0.5, 0.6) is 5.75 Å². The van der Waals surface area contributed by atoms with Crippen LogP contribution in [0.25, 0.3) is 0 Å². The Labute approximate surface area is 128 Å². The Morgan fingerprint density at radius 2 is 2.19 bits per heavy atom. The number of benzene rings is 1. The quantitative estimate of drug-likeness (QED) is 0.884. The number of carbonyl (C=O) groups excluding carboxylic acids is 1. The van der Waals surface area contributed by atoms with Crippen molar-refractivity contribution in [3.05, 3.63) is 62.2 Å². The minimum atomic E-state index is -0.586. The number of rotatable bonds is 4. The molecule has 7 heteroatoms. The van der Waals surface area contributed by atoms with Crippen LogP contribution in [0.15, 0.2) is 39.7 Å². The Morgan fingerprint density at radius 3 is 2.86 bits per heavy atom. The fraction of sp³-hybridized carbons (Fsp3) is 0.143. The molecule has 0 atom stereocenters. The summed E-state index contributed by atoms with van der Waals surface area (Å²) in [6, 6.07) is 6.00. The van der Waals surface area contributed by atoms with E-state index in [1.165, 1.54) is 25.4 Å². The molecule has 0 bridgehead atoms. The molecule has 1 aromatic heterocycles. The lowest BCUT2D eigenvalue weighted by Crippen LogP contribution is -2.29. The van der Waals surface area contributed by atoms with E-state index in [0.29, 0.717) is 10.0 Å². The van der Waals surface area contributed by atoms with Crippen LogP contribution in [0.3, 0.4) is 0 Å². The molecule has 1 aromatic carbocycles. The summed E-state index contributed by atoms with van der Waals surface area (Å²) in [6.45, 7) is 0.0977. The molecule has 21 heavy (non-hydrogen) atoms. The number of pyridine rings is 1. The Hall–Kier alpha value is -2.15. The Kier molecular flexibility index (Phi) is 4.74. The smallest absolute Gasteiger partial charge is 0.264 e. The van der Waals surface area contributed by atoms with Crippen molar-refractivity contribution >= 4 is 21.8 Å². The van der Waals surface area contributed by atoms with Crippen LogP contribution >= 0.6 is 15.9 Å². The molecule has 0 spiro atoms. The maximum absolute atomic E-state index is 13.4. The zero-order chi connectivity index (χ0) is 15.4. The van der Waals surface area contributed by atoms with Crippen LogP contribution in [0.2, 0.25) is 0 Å². The zero-order valence-electron chi connectivity index (χ0n) is 11.1. The first kappa shape index (κ1) is 15.2. The van der Waals surface area contributed by atoms with Crippen molar-refractivity contribution in [3.8, 4) is 5.75 Å². The number of aromatic nitrogens is 1. The van der Waals surface area contributed by atoms with Crippen LogP contribution < -0.4 is 15.6 Å². The molecular formula is C14H12BrFN2O3. The minimum absolute atomic E-state index is 0.0977. The highest BCUT2D eigenvalue weighted by atomic mass is 79.9.